The number of aryl methyl sites for hydroxylation is 3. The monoisotopic (exact) mass is 469 g/mol. The Kier molecular flexibility index (Phi) is 7.33. The van der Waals surface area contributed by atoms with Gasteiger partial charge in [-0.15, -0.1) is 0 Å². The van der Waals surface area contributed by atoms with E-state index in [1.54, 1.807) is 48.5 Å². The number of hydrogen-bond donors (Lipinski definition) is 1. The van der Waals surface area contributed by atoms with Gasteiger partial charge in [-0.3, -0.25) is 9.10 Å². The lowest BCUT2D eigenvalue weighted by molar-refractivity contribution is -0.119. The van der Waals surface area contributed by atoms with Crippen LogP contribution in [0.4, 0.5) is 5.69 Å². The second kappa shape index (κ2) is 9.97. The van der Waals surface area contributed by atoms with Gasteiger partial charge in [0.05, 0.1) is 16.8 Å². The van der Waals surface area contributed by atoms with Gasteiger partial charge in [0.2, 0.25) is 0 Å². The number of nitrogens with one attached hydrogen (secondary N) is 1. The number of rotatable bonds is 7. The molecule has 0 aliphatic carbocycles. The summed E-state index contributed by atoms with van der Waals surface area (Å²) in [6.45, 7) is 5.22. The third kappa shape index (κ3) is 5.96. The maximum atomic E-state index is 13.4. The van der Waals surface area contributed by atoms with Gasteiger partial charge >= 0.3 is 0 Å². The second-order valence-electron chi connectivity index (χ2n) is 7.52. The summed E-state index contributed by atoms with van der Waals surface area (Å²) in [5, 5.41) is 4.52. The fourth-order valence-electron chi connectivity index (χ4n) is 3.14. The number of sulfonamides is 1. The van der Waals surface area contributed by atoms with Crippen LogP contribution in [-0.2, 0) is 14.8 Å². The molecule has 1 amide bonds. The normalized spacial score (nSPS) is 11.5. The van der Waals surface area contributed by atoms with Crippen LogP contribution in [0.3, 0.4) is 0 Å². The van der Waals surface area contributed by atoms with Crippen molar-refractivity contribution in [3.05, 3.63) is 94.0 Å². The zero-order chi connectivity index (χ0) is 23.3. The fourth-order valence-corrected chi connectivity index (χ4v) is 4.67. The maximum absolute atomic E-state index is 13.4. The van der Waals surface area contributed by atoms with Crippen LogP contribution in [-0.4, -0.2) is 27.1 Å². The molecule has 0 aromatic heterocycles. The van der Waals surface area contributed by atoms with Crippen molar-refractivity contribution in [3.63, 3.8) is 0 Å². The molecule has 0 saturated carbocycles. The molecule has 0 aliphatic heterocycles. The molecule has 166 valence electrons. The molecule has 1 N–H and O–H groups in total. The van der Waals surface area contributed by atoms with Gasteiger partial charge < -0.3 is 0 Å². The lowest BCUT2D eigenvalue weighted by Crippen LogP contribution is -2.39. The topological polar surface area (TPSA) is 78.8 Å². The molecule has 32 heavy (non-hydrogen) atoms. The predicted molar refractivity (Wildman–Crippen MR) is 129 cm³/mol. The summed E-state index contributed by atoms with van der Waals surface area (Å²) in [6.07, 6.45) is 1.46. The molecule has 0 bridgehead atoms. The van der Waals surface area contributed by atoms with Crippen LogP contribution >= 0.6 is 11.6 Å². The zero-order valence-electron chi connectivity index (χ0n) is 18.0. The lowest BCUT2D eigenvalue weighted by Gasteiger charge is -2.24. The minimum Gasteiger partial charge on any atom is -0.271 e. The lowest BCUT2D eigenvalue weighted by atomic mass is 10.1. The zero-order valence-corrected chi connectivity index (χ0v) is 19.6. The molecule has 3 rings (SSSR count). The van der Waals surface area contributed by atoms with Gasteiger partial charge in [0, 0.05) is 5.02 Å². The molecule has 0 unspecified atom stereocenters. The molecule has 0 fully saturated rings. The summed E-state index contributed by atoms with van der Waals surface area (Å²) in [5.41, 5.74) is 6.29. The number of benzene rings is 3. The van der Waals surface area contributed by atoms with Gasteiger partial charge in [0.1, 0.15) is 6.54 Å². The smallest absolute Gasteiger partial charge is 0.264 e. The highest BCUT2D eigenvalue weighted by molar-refractivity contribution is 7.92. The predicted octanol–water partition coefficient (Wildman–Crippen LogP) is 4.61. The van der Waals surface area contributed by atoms with Gasteiger partial charge in [-0.2, -0.15) is 5.10 Å². The highest BCUT2D eigenvalue weighted by Gasteiger charge is 2.27. The van der Waals surface area contributed by atoms with Gasteiger partial charge in [-0.05, 0) is 73.9 Å². The van der Waals surface area contributed by atoms with E-state index in [4.69, 9.17) is 11.6 Å². The number of carbonyl (C=O) groups is 1. The molecule has 0 aliphatic rings. The Labute approximate surface area is 193 Å². The highest BCUT2D eigenvalue weighted by atomic mass is 35.5. The van der Waals surface area contributed by atoms with Crippen molar-refractivity contribution >= 4 is 39.4 Å². The van der Waals surface area contributed by atoms with Crippen LogP contribution < -0.4 is 9.73 Å². The SMILES string of the molecule is Cc1ccc(S(=O)(=O)N(CC(=O)N/N=C\c2ccc(Cl)cc2)c2cc(C)cc(C)c2)cc1. The number of anilines is 1. The Morgan fingerprint density at radius 3 is 2.12 bits per heavy atom. The number of halogens is 1. The third-order valence-corrected chi connectivity index (χ3v) is 6.70. The fraction of sp³-hybridized carbons (Fsp3) is 0.167. The number of carbonyl (C=O) groups excluding carboxylic acids is 1. The van der Waals surface area contributed by atoms with E-state index in [-0.39, 0.29) is 4.90 Å². The number of hydrogen-bond acceptors (Lipinski definition) is 4. The van der Waals surface area contributed by atoms with E-state index in [1.807, 2.05) is 26.8 Å². The van der Waals surface area contributed by atoms with Crippen LogP contribution in [0, 0.1) is 20.8 Å². The van der Waals surface area contributed by atoms with Crippen molar-refractivity contribution < 1.29 is 13.2 Å². The van der Waals surface area contributed by atoms with Crippen LogP contribution in [0.5, 0.6) is 0 Å². The Balaban J connectivity index is 1.87. The van der Waals surface area contributed by atoms with E-state index in [0.717, 1.165) is 26.6 Å². The standard InChI is InChI=1S/C24H24ClN3O3S/c1-17-4-10-23(11-5-17)32(30,31)28(22-13-18(2)12-19(3)14-22)16-24(29)27-26-15-20-6-8-21(25)9-7-20/h4-15H,16H2,1-3H3,(H,27,29)/b26-15-. The van der Waals surface area contributed by atoms with Gasteiger partial charge in [0.15, 0.2) is 0 Å². The molecule has 0 atom stereocenters. The first-order valence-electron chi connectivity index (χ1n) is 9.90. The Morgan fingerprint density at radius 1 is 0.938 bits per heavy atom. The van der Waals surface area contributed by atoms with Crippen molar-refractivity contribution in [2.45, 2.75) is 25.7 Å². The van der Waals surface area contributed by atoms with E-state index in [9.17, 15) is 13.2 Å². The molecule has 3 aromatic rings. The summed E-state index contributed by atoms with van der Waals surface area (Å²) in [5.74, 6) is -0.565. The number of nitrogens with zero attached hydrogens (tertiary/aromatic N) is 2. The van der Waals surface area contributed by atoms with E-state index in [2.05, 4.69) is 10.5 Å². The summed E-state index contributed by atoms with van der Waals surface area (Å²) in [7, 11) is -3.98. The number of amides is 1. The van der Waals surface area contributed by atoms with E-state index in [0.29, 0.717) is 10.7 Å². The van der Waals surface area contributed by atoms with E-state index in [1.165, 1.54) is 18.3 Å². The Bertz CT molecular complexity index is 1220. The summed E-state index contributed by atoms with van der Waals surface area (Å²) >= 11 is 5.86. The van der Waals surface area contributed by atoms with Crippen molar-refractivity contribution in [2.75, 3.05) is 10.8 Å². The van der Waals surface area contributed by atoms with Gasteiger partial charge in [0.25, 0.3) is 15.9 Å². The summed E-state index contributed by atoms with van der Waals surface area (Å²) in [6, 6.07) is 18.9. The Morgan fingerprint density at radius 2 is 1.53 bits per heavy atom. The quantitative estimate of drug-likeness (QED) is 0.405. The van der Waals surface area contributed by atoms with Crippen LogP contribution in [0.15, 0.2) is 76.7 Å². The molecule has 0 radical (unpaired) electrons. The third-order valence-electron chi connectivity index (χ3n) is 4.66. The van der Waals surface area contributed by atoms with E-state index < -0.39 is 22.5 Å². The Hall–Kier alpha value is -3.16. The minimum atomic E-state index is -3.98. The molecular formula is C24H24ClN3O3S. The number of hydrazone groups is 1. The average molecular weight is 470 g/mol. The molecular weight excluding hydrogens is 446 g/mol. The first-order chi connectivity index (χ1) is 15.1. The molecule has 0 heterocycles. The molecule has 6 nitrogen and oxygen atoms in total. The van der Waals surface area contributed by atoms with Gasteiger partial charge in [-0.25, -0.2) is 13.8 Å². The summed E-state index contributed by atoms with van der Waals surface area (Å²) in [4.78, 5) is 12.7. The van der Waals surface area contributed by atoms with Crippen molar-refractivity contribution in [1.29, 1.82) is 0 Å². The molecule has 0 spiro atoms. The summed E-state index contributed by atoms with van der Waals surface area (Å²) < 4.78 is 28.0. The average Bonchev–Trinajstić information content (AvgIpc) is 2.73. The molecule has 0 saturated heterocycles. The molecule has 3 aromatic carbocycles. The minimum absolute atomic E-state index is 0.111. The van der Waals surface area contributed by atoms with Crippen LogP contribution in [0.25, 0.3) is 0 Å². The maximum Gasteiger partial charge on any atom is 0.264 e. The van der Waals surface area contributed by atoms with Gasteiger partial charge in [-0.1, -0.05) is 47.5 Å². The first kappa shape index (κ1) is 23.5. The largest absolute Gasteiger partial charge is 0.271 e. The molecule has 8 heteroatoms. The van der Waals surface area contributed by atoms with Crippen molar-refractivity contribution in [2.24, 2.45) is 5.10 Å². The van der Waals surface area contributed by atoms with Crippen molar-refractivity contribution in [1.82, 2.24) is 5.43 Å². The second-order valence-corrected chi connectivity index (χ2v) is 9.81. The van der Waals surface area contributed by atoms with E-state index >= 15 is 0 Å². The van der Waals surface area contributed by atoms with Crippen LogP contribution in [0.2, 0.25) is 5.02 Å². The van der Waals surface area contributed by atoms with Crippen molar-refractivity contribution in [3.8, 4) is 0 Å². The highest BCUT2D eigenvalue weighted by Crippen LogP contribution is 2.26. The first-order valence-corrected chi connectivity index (χ1v) is 11.7. The van der Waals surface area contributed by atoms with Crippen LogP contribution in [0.1, 0.15) is 22.3 Å².